The third kappa shape index (κ3) is 4.48. The first-order valence-electron chi connectivity index (χ1n) is 5.73. The van der Waals surface area contributed by atoms with Gasteiger partial charge in [0.1, 0.15) is 16.8 Å². The molecule has 0 amide bonds. The SMILES string of the molecule is CC(C)c1nc(Cl)cc(NCC(C)(C)CO)n1. The summed E-state index contributed by atoms with van der Waals surface area (Å²) in [6.07, 6.45) is 0. The van der Waals surface area contributed by atoms with Crippen molar-refractivity contribution in [3.05, 3.63) is 17.0 Å². The summed E-state index contributed by atoms with van der Waals surface area (Å²) in [5.41, 5.74) is -0.185. The highest BCUT2D eigenvalue weighted by Gasteiger charge is 2.16. The first-order valence-corrected chi connectivity index (χ1v) is 6.11. The smallest absolute Gasteiger partial charge is 0.135 e. The van der Waals surface area contributed by atoms with Crippen LogP contribution < -0.4 is 5.32 Å². The number of aliphatic hydroxyl groups is 1. The lowest BCUT2D eigenvalue weighted by Crippen LogP contribution is -2.27. The first kappa shape index (κ1) is 14.2. The Morgan fingerprint density at radius 3 is 2.59 bits per heavy atom. The van der Waals surface area contributed by atoms with Gasteiger partial charge in [0.2, 0.25) is 0 Å². The van der Waals surface area contributed by atoms with Gasteiger partial charge >= 0.3 is 0 Å². The molecule has 0 aliphatic rings. The number of nitrogens with one attached hydrogen (secondary N) is 1. The summed E-state index contributed by atoms with van der Waals surface area (Å²) in [7, 11) is 0. The van der Waals surface area contributed by atoms with Crippen molar-refractivity contribution < 1.29 is 5.11 Å². The Labute approximate surface area is 107 Å². The van der Waals surface area contributed by atoms with Crippen LogP contribution in [0.4, 0.5) is 5.82 Å². The molecule has 0 aliphatic carbocycles. The number of hydrogen-bond acceptors (Lipinski definition) is 4. The summed E-state index contributed by atoms with van der Waals surface area (Å²) in [5.74, 6) is 1.66. The summed E-state index contributed by atoms with van der Waals surface area (Å²) >= 11 is 5.94. The lowest BCUT2D eigenvalue weighted by atomic mass is 9.95. The van der Waals surface area contributed by atoms with E-state index in [0.29, 0.717) is 17.5 Å². The molecular weight excluding hydrogens is 238 g/mol. The number of anilines is 1. The maximum atomic E-state index is 9.17. The summed E-state index contributed by atoms with van der Waals surface area (Å²) in [6.45, 7) is 8.75. The lowest BCUT2D eigenvalue weighted by molar-refractivity contribution is 0.170. The van der Waals surface area contributed by atoms with Gasteiger partial charge in [-0.25, -0.2) is 9.97 Å². The lowest BCUT2D eigenvalue weighted by Gasteiger charge is -2.22. The summed E-state index contributed by atoms with van der Waals surface area (Å²) in [6, 6.07) is 1.70. The Bertz CT molecular complexity index is 380. The zero-order valence-electron chi connectivity index (χ0n) is 10.8. The van der Waals surface area contributed by atoms with E-state index in [1.54, 1.807) is 6.07 Å². The van der Waals surface area contributed by atoms with Crippen molar-refractivity contribution in [3.63, 3.8) is 0 Å². The van der Waals surface area contributed by atoms with Gasteiger partial charge in [0, 0.05) is 30.6 Å². The molecule has 0 radical (unpaired) electrons. The molecule has 0 unspecified atom stereocenters. The molecule has 1 rings (SSSR count). The molecule has 96 valence electrons. The van der Waals surface area contributed by atoms with Gasteiger partial charge in [0.25, 0.3) is 0 Å². The molecule has 0 spiro atoms. The van der Waals surface area contributed by atoms with E-state index in [0.717, 1.165) is 5.82 Å². The molecule has 0 aromatic carbocycles. The molecular formula is C12H20ClN3O. The predicted octanol–water partition coefficient (Wildman–Crippen LogP) is 2.68. The molecule has 0 fully saturated rings. The molecule has 0 saturated heterocycles. The van der Waals surface area contributed by atoms with Gasteiger partial charge in [-0.05, 0) is 0 Å². The largest absolute Gasteiger partial charge is 0.396 e. The number of hydrogen-bond donors (Lipinski definition) is 2. The molecule has 5 heteroatoms. The predicted molar refractivity (Wildman–Crippen MR) is 70.5 cm³/mol. The number of aromatic nitrogens is 2. The molecule has 0 saturated carbocycles. The second kappa shape index (κ2) is 5.65. The minimum atomic E-state index is -0.185. The maximum absolute atomic E-state index is 9.17. The van der Waals surface area contributed by atoms with Gasteiger partial charge in [0.05, 0.1) is 0 Å². The Kier molecular flexibility index (Phi) is 4.71. The second-order valence-electron chi connectivity index (χ2n) is 5.26. The summed E-state index contributed by atoms with van der Waals surface area (Å²) in [5, 5.41) is 12.8. The van der Waals surface area contributed by atoms with Gasteiger partial charge in [-0.2, -0.15) is 0 Å². The van der Waals surface area contributed by atoms with Gasteiger partial charge in [0.15, 0.2) is 0 Å². The molecule has 1 aromatic heterocycles. The molecule has 2 N–H and O–H groups in total. The van der Waals surface area contributed by atoms with E-state index in [4.69, 9.17) is 11.6 Å². The van der Waals surface area contributed by atoms with Crippen molar-refractivity contribution in [2.75, 3.05) is 18.5 Å². The molecule has 17 heavy (non-hydrogen) atoms. The highest BCUT2D eigenvalue weighted by atomic mass is 35.5. The maximum Gasteiger partial charge on any atom is 0.135 e. The van der Waals surface area contributed by atoms with Crippen molar-refractivity contribution in [1.29, 1.82) is 0 Å². The van der Waals surface area contributed by atoms with E-state index in [1.807, 2.05) is 27.7 Å². The van der Waals surface area contributed by atoms with Crippen molar-refractivity contribution in [2.45, 2.75) is 33.6 Å². The Morgan fingerprint density at radius 1 is 1.41 bits per heavy atom. The van der Waals surface area contributed by atoms with Crippen molar-refractivity contribution in [1.82, 2.24) is 9.97 Å². The van der Waals surface area contributed by atoms with Gasteiger partial charge in [-0.15, -0.1) is 0 Å². The second-order valence-corrected chi connectivity index (χ2v) is 5.65. The van der Waals surface area contributed by atoms with Crippen LogP contribution in [0.15, 0.2) is 6.07 Å². The van der Waals surface area contributed by atoms with E-state index in [1.165, 1.54) is 0 Å². The fraction of sp³-hybridized carbons (Fsp3) is 0.667. The molecule has 0 atom stereocenters. The quantitative estimate of drug-likeness (QED) is 0.797. The van der Waals surface area contributed by atoms with Crippen molar-refractivity contribution >= 4 is 17.4 Å². The summed E-state index contributed by atoms with van der Waals surface area (Å²) in [4.78, 5) is 8.55. The topological polar surface area (TPSA) is 58.0 Å². The van der Waals surface area contributed by atoms with E-state index >= 15 is 0 Å². The fourth-order valence-electron chi connectivity index (χ4n) is 1.17. The minimum Gasteiger partial charge on any atom is -0.396 e. The molecule has 0 aliphatic heterocycles. The minimum absolute atomic E-state index is 0.121. The Morgan fingerprint density at radius 2 is 2.06 bits per heavy atom. The van der Waals surface area contributed by atoms with Crippen molar-refractivity contribution in [3.8, 4) is 0 Å². The van der Waals surface area contributed by atoms with Gasteiger partial charge < -0.3 is 10.4 Å². The van der Waals surface area contributed by atoms with Crippen LogP contribution >= 0.6 is 11.6 Å². The zero-order chi connectivity index (χ0) is 13.1. The summed E-state index contributed by atoms with van der Waals surface area (Å²) < 4.78 is 0. The number of aliphatic hydroxyl groups excluding tert-OH is 1. The molecule has 4 nitrogen and oxygen atoms in total. The Hall–Kier alpha value is -0.870. The van der Waals surface area contributed by atoms with Crippen molar-refractivity contribution in [2.24, 2.45) is 5.41 Å². The molecule has 0 bridgehead atoms. The standard InChI is InChI=1S/C12H20ClN3O/c1-8(2)11-15-9(13)5-10(16-11)14-6-12(3,4)7-17/h5,8,17H,6-7H2,1-4H3,(H,14,15,16). The van der Waals surface area contributed by atoms with Crippen LogP contribution in [-0.4, -0.2) is 28.2 Å². The van der Waals surface area contributed by atoms with E-state index < -0.39 is 0 Å². The third-order valence-corrected chi connectivity index (χ3v) is 2.60. The first-order chi connectivity index (χ1) is 7.84. The van der Waals surface area contributed by atoms with Crippen LogP contribution in [0.2, 0.25) is 5.15 Å². The van der Waals surface area contributed by atoms with Crippen LogP contribution in [0.5, 0.6) is 0 Å². The highest BCUT2D eigenvalue weighted by molar-refractivity contribution is 6.29. The molecule has 1 aromatic rings. The highest BCUT2D eigenvalue weighted by Crippen LogP contribution is 2.19. The average Bonchev–Trinajstić information content (AvgIpc) is 2.26. The van der Waals surface area contributed by atoms with Crippen LogP contribution in [0, 0.1) is 5.41 Å². The van der Waals surface area contributed by atoms with Crippen LogP contribution in [-0.2, 0) is 0 Å². The van der Waals surface area contributed by atoms with E-state index in [9.17, 15) is 5.11 Å². The fourth-order valence-corrected chi connectivity index (χ4v) is 1.36. The van der Waals surface area contributed by atoms with E-state index in [2.05, 4.69) is 15.3 Å². The third-order valence-electron chi connectivity index (χ3n) is 2.40. The monoisotopic (exact) mass is 257 g/mol. The average molecular weight is 258 g/mol. The van der Waals surface area contributed by atoms with Gasteiger partial charge in [-0.3, -0.25) is 0 Å². The Balaban J connectivity index is 2.78. The van der Waals surface area contributed by atoms with Crippen LogP contribution in [0.25, 0.3) is 0 Å². The van der Waals surface area contributed by atoms with Crippen LogP contribution in [0.1, 0.15) is 39.4 Å². The zero-order valence-corrected chi connectivity index (χ0v) is 11.5. The number of rotatable bonds is 5. The van der Waals surface area contributed by atoms with Gasteiger partial charge in [-0.1, -0.05) is 39.3 Å². The normalized spacial score (nSPS) is 11.9. The number of halogens is 1. The van der Waals surface area contributed by atoms with E-state index in [-0.39, 0.29) is 17.9 Å². The number of nitrogens with zero attached hydrogens (tertiary/aromatic N) is 2. The van der Waals surface area contributed by atoms with Crippen LogP contribution in [0.3, 0.4) is 0 Å². The molecule has 1 heterocycles.